The minimum Gasteiger partial charge on any atom is -0.469 e. The van der Waals surface area contributed by atoms with Gasteiger partial charge in [-0.3, -0.25) is 4.79 Å². The Morgan fingerprint density at radius 2 is 2.44 bits per heavy atom. The summed E-state index contributed by atoms with van der Waals surface area (Å²) in [6, 6.07) is 4.08. The Balaban J connectivity index is 1.79. The zero-order valence-corrected chi connectivity index (χ0v) is 10.9. The maximum atomic E-state index is 12.1. The van der Waals surface area contributed by atoms with Crippen molar-refractivity contribution in [1.29, 1.82) is 0 Å². The van der Waals surface area contributed by atoms with Crippen molar-refractivity contribution in [2.75, 3.05) is 0 Å². The Hall–Kier alpha value is -1.29. The third-order valence-electron chi connectivity index (χ3n) is 3.56. The molecule has 0 aromatic carbocycles. The van der Waals surface area contributed by atoms with Crippen LogP contribution in [0.1, 0.15) is 38.4 Å². The molecule has 0 spiro atoms. The molecule has 0 aliphatic heterocycles. The molecule has 4 heteroatoms. The van der Waals surface area contributed by atoms with Gasteiger partial charge in [0.2, 0.25) is 5.91 Å². The van der Waals surface area contributed by atoms with Gasteiger partial charge in [-0.05, 0) is 38.3 Å². The minimum atomic E-state index is 0.0906. The van der Waals surface area contributed by atoms with Gasteiger partial charge in [0.05, 0.1) is 6.26 Å². The molecule has 1 amide bonds. The molecule has 4 nitrogen and oxygen atoms in total. The number of furan rings is 1. The van der Waals surface area contributed by atoms with Crippen molar-refractivity contribution in [3.05, 3.63) is 24.2 Å². The van der Waals surface area contributed by atoms with Crippen LogP contribution in [0, 0.1) is 5.92 Å². The predicted octanol–water partition coefficient (Wildman–Crippen LogP) is 1.84. The molecule has 100 valence electrons. The molecule has 1 aliphatic rings. The average molecular weight is 250 g/mol. The summed E-state index contributed by atoms with van der Waals surface area (Å²) in [5.41, 5.74) is 5.91. The van der Waals surface area contributed by atoms with Crippen LogP contribution in [0.25, 0.3) is 0 Å². The lowest BCUT2D eigenvalue weighted by atomic mass is 9.85. The summed E-state index contributed by atoms with van der Waals surface area (Å²) in [5.74, 6) is 1.14. The summed E-state index contributed by atoms with van der Waals surface area (Å²) >= 11 is 0. The molecule has 3 unspecified atom stereocenters. The molecule has 0 saturated heterocycles. The predicted molar refractivity (Wildman–Crippen MR) is 70.0 cm³/mol. The molecule has 2 rings (SSSR count). The number of nitrogens with one attached hydrogen (secondary N) is 1. The first-order valence-corrected chi connectivity index (χ1v) is 6.73. The summed E-state index contributed by atoms with van der Waals surface area (Å²) in [6.45, 7) is 2.00. The van der Waals surface area contributed by atoms with Gasteiger partial charge in [-0.25, -0.2) is 0 Å². The minimum absolute atomic E-state index is 0.0906. The number of carbonyl (C=O) groups is 1. The van der Waals surface area contributed by atoms with Crippen molar-refractivity contribution in [3.8, 4) is 0 Å². The van der Waals surface area contributed by atoms with Gasteiger partial charge in [-0.15, -0.1) is 0 Å². The Kier molecular flexibility index (Phi) is 4.42. The van der Waals surface area contributed by atoms with E-state index in [9.17, 15) is 4.79 Å². The van der Waals surface area contributed by atoms with Gasteiger partial charge in [0.15, 0.2) is 0 Å². The number of amides is 1. The molecule has 1 heterocycles. The van der Waals surface area contributed by atoms with Crippen LogP contribution in [-0.2, 0) is 11.2 Å². The van der Waals surface area contributed by atoms with Crippen LogP contribution in [0.2, 0.25) is 0 Å². The van der Waals surface area contributed by atoms with E-state index in [1.54, 1.807) is 6.26 Å². The lowest BCUT2D eigenvalue weighted by Gasteiger charge is -2.26. The largest absolute Gasteiger partial charge is 0.469 e. The van der Waals surface area contributed by atoms with E-state index < -0.39 is 0 Å². The van der Waals surface area contributed by atoms with E-state index in [-0.39, 0.29) is 23.9 Å². The molecular weight excluding hydrogens is 228 g/mol. The number of hydrogen-bond acceptors (Lipinski definition) is 3. The molecule has 3 N–H and O–H groups in total. The maximum Gasteiger partial charge on any atom is 0.223 e. The summed E-state index contributed by atoms with van der Waals surface area (Å²) < 4.78 is 5.28. The summed E-state index contributed by atoms with van der Waals surface area (Å²) in [5, 5.41) is 3.05. The summed E-state index contributed by atoms with van der Waals surface area (Å²) in [7, 11) is 0. The van der Waals surface area contributed by atoms with Crippen LogP contribution in [-0.4, -0.2) is 18.0 Å². The van der Waals surface area contributed by atoms with Gasteiger partial charge in [0, 0.05) is 24.4 Å². The molecular formula is C14H22N2O2. The van der Waals surface area contributed by atoms with Crippen LogP contribution >= 0.6 is 0 Å². The standard InChI is InChI=1S/C14H22N2O2/c1-10(8-13-6-3-7-18-13)16-14(17)11-4-2-5-12(15)9-11/h3,6-7,10-12H,2,4-5,8-9,15H2,1H3,(H,16,17). The van der Waals surface area contributed by atoms with Crippen molar-refractivity contribution < 1.29 is 9.21 Å². The van der Waals surface area contributed by atoms with Gasteiger partial charge in [0.1, 0.15) is 5.76 Å². The first kappa shape index (κ1) is 13.1. The lowest BCUT2D eigenvalue weighted by molar-refractivity contribution is -0.126. The normalized spacial score (nSPS) is 25.7. The monoisotopic (exact) mass is 250 g/mol. The van der Waals surface area contributed by atoms with Crippen molar-refractivity contribution >= 4 is 5.91 Å². The van der Waals surface area contributed by atoms with E-state index in [1.165, 1.54) is 0 Å². The summed E-state index contributed by atoms with van der Waals surface area (Å²) in [6.07, 6.45) is 6.28. The zero-order valence-electron chi connectivity index (χ0n) is 10.9. The SMILES string of the molecule is CC(Cc1ccco1)NC(=O)C1CCCC(N)C1. The van der Waals surface area contributed by atoms with E-state index in [4.69, 9.17) is 10.2 Å². The second kappa shape index (κ2) is 6.05. The average Bonchev–Trinajstić information content (AvgIpc) is 2.81. The first-order chi connectivity index (χ1) is 8.65. The van der Waals surface area contributed by atoms with Crippen LogP contribution in [0.5, 0.6) is 0 Å². The fourth-order valence-electron chi connectivity index (χ4n) is 2.61. The molecule has 1 fully saturated rings. The highest BCUT2D eigenvalue weighted by Crippen LogP contribution is 2.23. The van der Waals surface area contributed by atoms with E-state index in [1.807, 2.05) is 19.1 Å². The number of rotatable bonds is 4. The first-order valence-electron chi connectivity index (χ1n) is 6.73. The molecule has 3 atom stereocenters. The number of nitrogens with two attached hydrogens (primary N) is 1. The molecule has 0 bridgehead atoms. The summed E-state index contributed by atoms with van der Waals surface area (Å²) in [4.78, 5) is 12.1. The third-order valence-corrected chi connectivity index (χ3v) is 3.56. The molecule has 1 saturated carbocycles. The maximum absolute atomic E-state index is 12.1. The Morgan fingerprint density at radius 3 is 3.11 bits per heavy atom. The van der Waals surface area contributed by atoms with Gasteiger partial charge in [-0.1, -0.05) is 6.42 Å². The number of hydrogen-bond donors (Lipinski definition) is 2. The lowest BCUT2D eigenvalue weighted by Crippen LogP contribution is -2.42. The van der Waals surface area contributed by atoms with Gasteiger partial charge < -0.3 is 15.5 Å². The van der Waals surface area contributed by atoms with Crippen LogP contribution in [0.4, 0.5) is 0 Å². The Bertz CT molecular complexity index is 375. The van der Waals surface area contributed by atoms with Crippen molar-refractivity contribution in [2.45, 2.75) is 51.1 Å². The Morgan fingerprint density at radius 1 is 1.61 bits per heavy atom. The molecule has 1 aliphatic carbocycles. The highest BCUT2D eigenvalue weighted by atomic mass is 16.3. The smallest absolute Gasteiger partial charge is 0.223 e. The second-order valence-corrected chi connectivity index (χ2v) is 5.32. The van der Waals surface area contributed by atoms with Crippen molar-refractivity contribution in [1.82, 2.24) is 5.32 Å². The van der Waals surface area contributed by atoms with Gasteiger partial charge >= 0.3 is 0 Å². The molecule has 1 aromatic rings. The fourth-order valence-corrected chi connectivity index (χ4v) is 2.61. The quantitative estimate of drug-likeness (QED) is 0.856. The molecule has 1 aromatic heterocycles. The van der Waals surface area contributed by atoms with Crippen molar-refractivity contribution in [3.63, 3.8) is 0 Å². The molecule has 0 radical (unpaired) electrons. The highest BCUT2D eigenvalue weighted by Gasteiger charge is 2.26. The Labute approximate surface area is 108 Å². The number of carbonyl (C=O) groups excluding carboxylic acids is 1. The van der Waals surface area contributed by atoms with Crippen LogP contribution in [0.3, 0.4) is 0 Å². The second-order valence-electron chi connectivity index (χ2n) is 5.32. The van der Waals surface area contributed by atoms with Gasteiger partial charge in [0.25, 0.3) is 0 Å². The molecule has 18 heavy (non-hydrogen) atoms. The van der Waals surface area contributed by atoms with E-state index in [2.05, 4.69) is 5.32 Å². The van der Waals surface area contributed by atoms with Crippen molar-refractivity contribution in [2.24, 2.45) is 11.7 Å². The zero-order chi connectivity index (χ0) is 13.0. The highest BCUT2D eigenvalue weighted by molar-refractivity contribution is 5.79. The fraction of sp³-hybridized carbons (Fsp3) is 0.643. The van der Waals surface area contributed by atoms with E-state index in [0.717, 1.165) is 37.9 Å². The van der Waals surface area contributed by atoms with Crippen LogP contribution < -0.4 is 11.1 Å². The van der Waals surface area contributed by atoms with E-state index in [0.29, 0.717) is 0 Å². The topological polar surface area (TPSA) is 68.3 Å². The van der Waals surface area contributed by atoms with E-state index >= 15 is 0 Å². The van der Waals surface area contributed by atoms with Gasteiger partial charge in [-0.2, -0.15) is 0 Å². The third kappa shape index (κ3) is 3.60. The van der Waals surface area contributed by atoms with Crippen LogP contribution in [0.15, 0.2) is 22.8 Å².